The van der Waals surface area contributed by atoms with Crippen LogP contribution >= 0.6 is 11.8 Å². The molecule has 134 valence electrons. The highest BCUT2D eigenvalue weighted by molar-refractivity contribution is 7.98. The maximum absolute atomic E-state index is 13.0. The van der Waals surface area contributed by atoms with E-state index in [2.05, 4.69) is 9.97 Å². The van der Waals surface area contributed by atoms with E-state index in [1.165, 1.54) is 23.9 Å². The summed E-state index contributed by atoms with van der Waals surface area (Å²) in [5.74, 6) is 0.531. The van der Waals surface area contributed by atoms with Crippen LogP contribution in [-0.4, -0.2) is 34.1 Å². The van der Waals surface area contributed by atoms with Crippen molar-refractivity contribution in [3.8, 4) is 11.6 Å². The van der Waals surface area contributed by atoms with Crippen LogP contribution in [0.25, 0.3) is 11.6 Å². The number of thioether (sulfide) groups is 1. The third-order valence-electron chi connectivity index (χ3n) is 3.89. The summed E-state index contributed by atoms with van der Waals surface area (Å²) in [6.07, 6.45) is 3.42. The molecule has 0 bridgehead atoms. The molecular formula is C19H18FN3O2S. The Morgan fingerprint density at radius 3 is 2.58 bits per heavy atom. The first-order chi connectivity index (χ1) is 12.5. The lowest BCUT2D eigenvalue weighted by Gasteiger charge is -2.19. The predicted molar refractivity (Wildman–Crippen MR) is 98.4 cm³/mol. The third-order valence-corrected chi connectivity index (χ3v) is 4.57. The van der Waals surface area contributed by atoms with Crippen LogP contribution in [0.5, 0.6) is 0 Å². The number of aryl methyl sites for hydroxylation is 1. The average molecular weight is 371 g/mol. The average Bonchev–Trinajstić information content (AvgIpc) is 3.17. The summed E-state index contributed by atoms with van der Waals surface area (Å²) in [6, 6.07) is 9.64. The third kappa shape index (κ3) is 3.77. The fourth-order valence-corrected chi connectivity index (χ4v) is 3.20. The maximum Gasteiger partial charge on any atom is 0.258 e. The van der Waals surface area contributed by atoms with Crippen LogP contribution in [0.4, 0.5) is 4.39 Å². The molecule has 0 aliphatic rings. The molecular weight excluding hydrogens is 353 g/mol. The molecule has 0 unspecified atom stereocenters. The standard InChI is InChI=1S/C19H18FN3O2S/c1-12-16(18(26-3)22-17(21-12)15-5-4-10-25-15)19(24)23(2)11-13-6-8-14(20)9-7-13/h4-10H,11H2,1-3H3. The molecule has 2 heterocycles. The van der Waals surface area contributed by atoms with Gasteiger partial charge in [0.25, 0.3) is 5.91 Å². The number of furan rings is 1. The lowest BCUT2D eigenvalue weighted by molar-refractivity contribution is 0.0779. The number of amides is 1. The molecule has 0 saturated carbocycles. The number of aromatic nitrogens is 2. The molecule has 0 aliphatic carbocycles. The van der Waals surface area contributed by atoms with Crippen LogP contribution in [-0.2, 0) is 6.54 Å². The van der Waals surface area contributed by atoms with E-state index in [1.54, 1.807) is 49.4 Å². The van der Waals surface area contributed by atoms with Crippen molar-refractivity contribution in [3.05, 3.63) is 65.3 Å². The van der Waals surface area contributed by atoms with E-state index in [0.29, 0.717) is 34.4 Å². The number of halogens is 1. The van der Waals surface area contributed by atoms with Crippen molar-refractivity contribution in [3.63, 3.8) is 0 Å². The van der Waals surface area contributed by atoms with Crippen molar-refractivity contribution in [2.45, 2.75) is 18.5 Å². The van der Waals surface area contributed by atoms with Gasteiger partial charge in [-0.3, -0.25) is 4.79 Å². The maximum atomic E-state index is 13.0. The van der Waals surface area contributed by atoms with E-state index in [0.717, 1.165) is 5.56 Å². The molecule has 0 saturated heterocycles. The molecule has 3 aromatic rings. The number of hydrogen-bond acceptors (Lipinski definition) is 5. The van der Waals surface area contributed by atoms with Crippen molar-refractivity contribution in [2.24, 2.45) is 0 Å². The molecule has 7 heteroatoms. The van der Waals surface area contributed by atoms with Gasteiger partial charge < -0.3 is 9.32 Å². The predicted octanol–water partition coefficient (Wildman–Crippen LogP) is 4.18. The first-order valence-electron chi connectivity index (χ1n) is 7.96. The second-order valence-electron chi connectivity index (χ2n) is 5.78. The Kier molecular flexibility index (Phi) is 5.37. The van der Waals surface area contributed by atoms with Crippen molar-refractivity contribution < 1.29 is 13.6 Å². The summed E-state index contributed by atoms with van der Waals surface area (Å²) in [6.45, 7) is 2.15. The first-order valence-corrected chi connectivity index (χ1v) is 9.18. The van der Waals surface area contributed by atoms with Gasteiger partial charge in [-0.15, -0.1) is 11.8 Å². The summed E-state index contributed by atoms with van der Waals surface area (Å²) in [7, 11) is 1.70. The smallest absolute Gasteiger partial charge is 0.258 e. The van der Waals surface area contributed by atoms with Crippen molar-refractivity contribution >= 4 is 17.7 Å². The largest absolute Gasteiger partial charge is 0.461 e. The molecule has 0 spiro atoms. The molecule has 0 fully saturated rings. The highest BCUT2D eigenvalue weighted by Crippen LogP contribution is 2.26. The molecule has 0 aliphatic heterocycles. The van der Waals surface area contributed by atoms with Gasteiger partial charge >= 0.3 is 0 Å². The second-order valence-corrected chi connectivity index (χ2v) is 6.58. The lowest BCUT2D eigenvalue weighted by atomic mass is 10.1. The van der Waals surface area contributed by atoms with Gasteiger partial charge in [0.05, 0.1) is 17.5 Å². The second kappa shape index (κ2) is 7.70. The molecule has 3 rings (SSSR count). The summed E-state index contributed by atoms with van der Waals surface area (Å²) < 4.78 is 18.4. The van der Waals surface area contributed by atoms with E-state index in [-0.39, 0.29) is 11.7 Å². The van der Waals surface area contributed by atoms with Gasteiger partial charge in [0.2, 0.25) is 0 Å². The molecule has 1 aromatic carbocycles. The minimum absolute atomic E-state index is 0.179. The van der Waals surface area contributed by atoms with E-state index < -0.39 is 0 Å². The summed E-state index contributed by atoms with van der Waals surface area (Å²) in [5, 5.41) is 0.597. The SMILES string of the molecule is CSc1nc(-c2ccco2)nc(C)c1C(=O)N(C)Cc1ccc(F)cc1. The fraction of sp³-hybridized carbons (Fsp3) is 0.211. The van der Waals surface area contributed by atoms with Crippen LogP contribution < -0.4 is 0 Å². The molecule has 0 N–H and O–H groups in total. The zero-order chi connectivity index (χ0) is 18.7. The number of carbonyl (C=O) groups is 1. The topological polar surface area (TPSA) is 59.2 Å². The Balaban J connectivity index is 1.89. The van der Waals surface area contributed by atoms with Gasteiger partial charge in [-0.2, -0.15) is 0 Å². The van der Waals surface area contributed by atoms with E-state index >= 15 is 0 Å². The Hall–Kier alpha value is -2.67. The lowest BCUT2D eigenvalue weighted by Crippen LogP contribution is -2.28. The molecule has 5 nitrogen and oxygen atoms in total. The monoisotopic (exact) mass is 371 g/mol. The van der Waals surface area contributed by atoms with E-state index in [1.807, 2.05) is 6.26 Å². The number of benzene rings is 1. The highest BCUT2D eigenvalue weighted by Gasteiger charge is 2.22. The summed E-state index contributed by atoms with van der Waals surface area (Å²) in [4.78, 5) is 23.4. The van der Waals surface area contributed by atoms with Crippen molar-refractivity contribution in [2.75, 3.05) is 13.3 Å². The number of carbonyl (C=O) groups excluding carboxylic acids is 1. The Labute approximate surface area is 155 Å². The highest BCUT2D eigenvalue weighted by atomic mass is 32.2. The van der Waals surface area contributed by atoms with Crippen LogP contribution in [0, 0.1) is 12.7 Å². The van der Waals surface area contributed by atoms with Crippen molar-refractivity contribution in [1.82, 2.24) is 14.9 Å². The van der Waals surface area contributed by atoms with Gasteiger partial charge in [-0.25, -0.2) is 14.4 Å². The van der Waals surface area contributed by atoms with Gasteiger partial charge in [0.1, 0.15) is 10.8 Å². The molecule has 0 atom stereocenters. The van der Waals surface area contributed by atoms with Crippen LogP contribution in [0.3, 0.4) is 0 Å². The molecule has 0 radical (unpaired) electrons. The summed E-state index contributed by atoms with van der Waals surface area (Å²) in [5.41, 5.74) is 1.91. The van der Waals surface area contributed by atoms with E-state index in [4.69, 9.17) is 4.42 Å². The quantitative estimate of drug-likeness (QED) is 0.497. The zero-order valence-electron chi connectivity index (χ0n) is 14.7. The minimum atomic E-state index is -0.301. The van der Waals surface area contributed by atoms with Crippen LogP contribution in [0.1, 0.15) is 21.6 Å². The fourth-order valence-electron chi connectivity index (χ4n) is 2.58. The Bertz CT molecular complexity index is 911. The minimum Gasteiger partial charge on any atom is -0.461 e. The van der Waals surface area contributed by atoms with Gasteiger partial charge in [0, 0.05) is 13.6 Å². The Morgan fingerprint density at radius 2 is 1.96 bits per heavy atom. The number of rotatable bonds is 5. The number of hydrogen-bond donors (Lipinski definition) is 0. The Morgan fingerprint density at radius 1 is 1.23 bits per heavy atom. The number of nitrogens with zero attached hydrogens (tertiary/aromatic N) is 3. The van der Waals surface area contributed by atoms with Crippen molar-refractivity contribution in [1.29, 1.82) is 0 Å². The van der Waals surface area contributed by atoms with E-state index in [9.17, 15) is 9.18 Å². The van der Waals surface area contributed by atoms with Crippen LogP contribution in [0.15, 0.2) is 52.1 Å². The molecule has 26 heavy (non-hydrogen) atoms. The molecule has 2 aromatic heterocycles. The first kappa shape index (κ1) is 18.1. The zero-order valence-corrected chi connectivity index (χ0v) is 15.5. The normalized spacial score (nSPS) is 10.8. The van der Waals surface area contributed by atoms with Gasteiger partial charge in [-0.05, 0) is 43.0 Å². The molecule has 1 amide bonds. The van der Waals surface area contributed by atoms with Gasteiger partial charge in [-0.1, -0.05) is 12.1 Å². The van der Waals surface area contributed by atoms with Crippen LogP contribution in [0.2, 0.25) is 0 Å². The van der Waals surface area contributed by atoms with Gasteiger partial charge in [0.15, 0.2) is 11.6 Å². The summed E-state index contributed by atoms with van der Waals surface area (Å²) >= 11 is 1.39.